The molecule has 2 aromatic carbocycles. The van der Waals surface area contributed by atoms with Gasteiger partial charge in [0.2, 0.25) is 0 Å². The fraction of sp³-hybridized carbons (Fsp3) is 0.417. The van der Waals surface area contributed by atoms with Crippen LogP contribution < -0.4 is 0 Å². The van der Waals surface area contributed by atoms with Gasteiger partial charge in [0.15, 0.2) is 11.6 Å². The monoisotopic (exact) mass is 544 g/mol. The summed E-state index contributed by atoms with van der Waals surface area (Å²) in [7, 11) is -4.16. The molecule has 1 N–H and O–H groups in total. The minimum atomic E-state index is -4.16. The number of benzene rings is 2. The molecule has 0 radical (unpaired) electrons. The van der Waals surface area contributed by atoms with E-state index in [0.29, 0.717) is 23.3 Å². The van der Waals surface area contributed by atoms with Crippen molar-refractivity contribution in [2.45, 2.75) is 64.1 Å². The lowest BCUT2D eigenvalue weighted by Crippen LogP contribution is -2.15. The highest BCUT2D eigenvalue weighted by molar-refractivity contribution is 9.10. The van der Waals surface area contributed by atoms with Crippen molar-refractivity contribution < 1.29 is 22.8 Å². The predicted molar refractivity (Wildman–Crippen MR) is 131 cm³/mol. The Morgan fingerprint density at radius 2 is 1.84 bits per heavy atom. The van der Waals surface area contributed by atoms with Gasteiger partial charge in [-0.2, -0.15) is 0 Å². The Bertz CT molecular complexity index is 1100. The van der Waals surface area contributed by atoms with Gasteiger partial charge in [-0.15, -0.1) is 11.3 Å². The molecule has 3 aromatic rings. The lowest BCUT2D eigenvalue weighted by Gasteiger charge is -2.27. The van der Waals surface area contributed by atoms with E-state index in [4.69, 9.17) is 4.52 Å². The summed E-state index contributed by atoms with van der Waals surface area (Å²) in [6.07, 6.45) is 3.86. The Labute approximate surface area is 200 Å². The zero-order valence-corrected chi connectivity index (χ0v) is 21.5. The average molecular weight is 545 g/mol. The SMILES string of the molecule is CCCCC(CCC)OP(=O)(O)C(Cc1ccc(F)c(F)c1)c1sc2ccccc2c1Br. The molecule has 0 saturated carbocycles. The summed E-state index contributed by atoms with van der Waals surface area (Å²) >= 11 is 5.03. The maximum absolute atomic E-state index is 13.9. The maximum atomic E-state index is 13.9. The first kappa shape index (κ1) is 25.5. The predicted octanol–water partition coefficient (Wildman–Crippen LogP) is 8.79. The van der Waals surface area contributed by atoms with Crippen LogP contribution in [-0.4, -0.2) is 11.0 Å². The molecule has 1 aromatic heterocycles. The molecular formula is C24H28BrF2O3PS. The highest BCUT2D eigenvalue weighted by Gasteiger charge is 2.39. The number of thiophene rings is 1. The third kappa shape index (κ3) is 6.06. The number of fused-ring (bicyclic) bond motifs is 1. The second kappa shape index (κ2) is 11.3. The summed E-state index contributed by atoms with van der Waals surface area (Å²) in [5.74, 6) is -1.92. The summed E-state index contributed by atoms with van der Waals surface area (Å²) in [4.78, 5) is 11.9. The lowest BCUT2D eigenvalue weighted by atomic mass is 10.1. The first-order chi connectivity index (χ1) is 15.3. The molecule has 174 valence electrons. The van der Waals surface area contributed by atoms with Gasteiger partial charge in [0.1, 0.15) is 5.66 Å². The van der Waals surface area contributed by atoms with Crippen molar-refractivity contribution >= 4 is 44.9 Å². The molecule has 0 aliphatic rings. The van der Waals surface area contributed by atoms with E-state index < -0.39 is 24.9 Å². The molecule has 3 rings (SSSR count). The Hall–Kier alpha value is -1.11. The average Bonchev–Trinajstić information content (AvgIpc) is 3.09. The summed E-state index contributed by atoms with van der Waals surface area (Å²) in [5.41, 5.74) is -0.461. The van der Waals surface area contributed by atoms with Crippen LogP contribution in [0.4, 0.5) is 8.78 Å². The zero-order chi connectivity index (χ0) is 23.3. The molecule has 3 unspecified atom stereocenters. The van der Waals surface area contributed by atoms with Crippen molar-refractivity contribution in [2.75, 3.05) is 0 Å². The van der Waals surface area contributed by atoms with Crippen LogP contribution in [0, 0.1) is 11.6 Å². The van der Waals surface area contributed by atoms with Gasteiger partial charge in [0.05, 0.1) is 6.10 Å². The van der Waals surface area contributed by atoms with E-state index in [-0.39, 0.29) is 12.5 Å². The van der Waals surface area contributed by atoms with Crippen molar-refractivity contribution in [3.63, 3.8) is 0 Å². The lowest BCUT2D eigenvalue weighted by molar-refractivity contribution is 0.148. The number of rotatable bonds is 11. The van der Waals surface area contributed by atoms with Gasteiger partial charge in [-0.3, -0.25) is 4.57 Å². The molecular weight excluding hydrogens is 517 g/mol. The van der Waals surface area contributed by atoms with Crippen molar-refractivity contribution in [3.05, 3.63) is 69.0 Å². The highest BCUT2D eigenvalue weighted by Crippen LogP contribution is 2.62. The van der Waals surface area contributed by atoms with E-state index in [1.54, 1.807) is 0 Å². The van der Waals surface area contributed by atoms with E-state index in [9.17, 15) is 18.2 Å². The Balaban J connectivity index is 2.02. The topological polar surface area (TPSA) is 46.5 Å². The van der Waals surface area contributed by atoms with Crippen LogP contribution in [0.3, 0.4) is 0 Å². The summed E-state index contributed by atoms with van der Waals surface area (Å²) < 4.78 is 48.7. The first-order valence-electron chi connectivity index (χ1n) is 10.9. The summed E-state index contributed by atoms with van der Waals surface area (Å²) in [6, 6.07) is 11.3. The molecule has 0 bridgehead atoms. The number of hydrogen-bond acceptors (Lipinski definition) is 3. The molecule has 3 atom stereocenters. The van der Waals surface area contributed by atoms with Gasteiger partial charge < -0.3 is 9.42 Å². The van der Waals surface area contributed by atoms with Gasteiger partial charge in [0, 0.05) is 19.4 Å². The molecule has 0 saturated heterocycles. The van der Waals surface area contributed by atoms with Crippen LogP contribution >= 0.6 is 34.9 Å². The number of halogens is 3. The number of unbranched alkanes of at least 4 members (excludes halogenated alkanes) is 1. The van der Waals surface area contributed by atoms with Gasteiger partial charge in [-0.25, -0.2) is 8.78 Å². The van der Waals surface area contributed by atoms with Crippen molar-refractivity contribution in [1.29, 1.82) is 0 Å². The Morgan fingerprint density at radius 3 is 2.50 bits per heavy atom. The third-order valence-electron chi connectivity index (χ3n) is 5.46. The molecule has 0 aliphatic carbocycles. The Morgan fingerprint density at radius 1 is 1.09 bits per heavy atom. The standard InChI is InChI=1S/C24H28BrF2O3PS/c1-3-5-9-17(8-4-2)30-31(28,29)21(15-16-12-13-19(26)20(27)14-16)24-23(25)18-10-6-7-11-22(18)32-24/h6-7,10-14,17,21H,3-5,8-9,15H2,1-2H3,(H,28,29). The van der Waals surface area contributed by atoms with Gasteiger partial charge in [-0.1, -0.05) is 57.4 Å². The van der Waals surface area contributed by atoms with Crippen LogP contribution in [0.25, 0.3) is 10.1 Å². The van der Waals surface area contributed by atoms with Crippen molar-refractivity contribution in [3.8, 4) is 0 Å². The fourth-order valence-electron chi connectivity index (χ4n) is 3.78. The van der Waals surface area contributed by atoms with Crippen LogP contribution in [0.2, 0.25) is 0 Å². The van der Waals surface area contributed by atoms with Gasteiger partial charge in [0.25, 0.3) is 0 Å². The quantitative estimate of drug-likeness (QED) is 0.245. The van der Waals surface area contributed by atoms with Gasteiger partial charge >= 0.3 is 7.60 Å². The summed E-state index contributed by atoms with van der Waals surface area (Å²) in [6.45, 7) is 4.09. The normalized spacial score (nSPS) is 15.6. The molecule has 8 heteroatoms. The maximum Gasteiger partial charge on any atom is 0.336 e. The van der Waals surface area contributed by atoms with E-state index in [1.165, 1.54) is 17.4 Å². The molecule has 0 spiro atoms. The molecule has 32 heavy (non-hydrogen) atoms. The second-order valence-corrected chi connectivity index (χ2v) is 11.8. The molecule has 3 nitrogen and oxygen atoms in total. The second-order valence-electron chi connectivity index (χ2n) is 7.97. The molecule has 0 aliphatic heterocycles. The first-order valence-corrected chi connectivity index (χ1v) is 14.1. The highest BCUT2D eigenvalue weighted by atomic mass is 79.9. The van der Waals surface area contributed by atoms with E-state index in [0.717, 1.165) is 46.0 Å². The molecule has 0 fully saturated rings. The largest absolute Gasteiger partial charge is 0.336 e. The van der Waals surface area contributed by atoms with Crippen LogP contribution in [-0.2, 0) is 15.5 Å². The number of hydrogen-bond donors (Lipinski definition) is 1. The van der Waals surface area contributed by atoms with Gasteiger partial charge in [-0.05, 0) is 59.0 Å². The zero-order valence-electron chi connectivity index (χ0n) is 18.2. The molecule has 1 heterocycles. The minimum absolute atomic E-state index is 0.0586. The van der Waals surface area contributed by atoms with Crippen molar-refractivity contribution in [1.82, 2.24) is 0 Å². The van der Waals surface area contributed by atoms with Crippen LogP contribution in [0.15, 0.2) is 46.9 Å². The minimum Gasteiger partial charge on any atom is -0.324 e. The van der Waals surface area contributed by atoms with E-state index in [1.807, 2.05) is 31.2 Å². The van der Waals surface area contributed by atoms with E-state index in [2.05, 4.69) is 22.9 Å². The van der Waals surface area contributed by atoms with Crippen LogP contribution in [0.1, 0.15) is 62.1 Å². The fourth-order valence-corrected chi connectivity index (χ4v) is 8.25. The molecule has 0 amide bonds. The third-order valence-corrected chi connectivity index (χ3v) is 9.86. The van der Waals surface area contributed by atoms with Crippen molar-refractivity contribution in [2.24, 2.45) is 0 Å². The summed E-state index contributed by atoms with van der Waals surface area (Å²) in [5, 5.41) is 0.943. The smallest absolute Gasteiger partial charge is 0.324 e. The Kier molecular flexibility index (Phi) is 9.05. The van der Waals surface area contributed by atoms with E-state index >= 15 is 0 Å². The van der Waals surface area contributed by atoms with Crippen LogP contribution in [0.5, 0.6) is 0 Å².